The molecule has 0 spiro atoms. The number of hydrogen-bond acceptors (Lipinski definition) is 2. The number of ether oxygens (including phenoxy) is 1. The van der Waals surface area contributed by atoms with Crippen LogP contribution in [-0.2, 0) is 11.2 Å². The van der Waals surface area contributed by atoms with Crippen molar-refractivity contribution in [3.05, 3.63) is 42.2 Å². The van der Waals surface area contributed by atoms with Gasteiger partial charge < -0.3 is 10.5 Å². The maximum atomic E-state index is 5.56. The van der Waals surface area contributed by atoms with Gasteiger partial charge in [0.2, 0.25) is 0 Å². The largest absolute Gasteiger partial charge is 0.498 e. The number of rotatable bonds is 4. The summed E-state index contributed by atoms with van der Waals surface area (Å²) in [7, 11) is 0. The Morgan fingerprint density at radius 2 is 2.00 bits per heavy atom. The Balaban J connectivity index is 2.54. The van der Waals surface area contributed by atoms with Crippen molar-refractivity contribution in [1.29, 1.82) is 0 Å². The van der Waals surface area contributed by atoms with Gasteiger partial charge in [-0.25, -0.2) is 0 Å². The molecule has 2 nitrogen and oxygen atoms in total. The van der Waals surface area contributed by atoms with Gasteiger partial charge in [0.05, 0.1) is 12.4 Å². The van der Waals surface area contributed by atoms with Gasteiger partial charge in [0, 0.05) is 12.1 Å². The van der Waals surface area contributed by atoms with Crippen LogP contribution in [0.3, 0.4) is 0 Å². The van der Waals surface area contributed by atoms with E-state index in [4.69, 9.17) is 10.5 Å². The van der Waals surface area contributed by atoms with Gasteiger partial charge in [-0.05, 0) is 24.6 Å². The third-order valence-electron chi connectivity index (χ3n) is 1.73. The third-order valence-corrected chi connectivity index (χ3v) is 1.73. The molecule has 0 aliphatic carbocycles. The predicted molar refractivity (Wildman–Crippen MR) is 55.3 cm³/mol. The normalized spacial score (nSPS) is 9.62. The number of anilines is 1. The van der Waals surface area contributed by atoms with Crippen molar-refractivity contribution in [2.75, 3.05) is 12.3 Å². The van der Waals surface area contributed by atoms with Crippen LogP contribution in [0.2, 0.25) is 0 Å². The summed E-state index contributed by atoms with van der Waals surface area (Å²) in [6.45, 7) is 6.44. The summed E-state index contributed by atoms with van der Waals surface area (Å²) in [5.74, 6) is 0.798. The topological polar surface area (TPSA) is 35.2 Å². The molecule has 13 heavy (non-hydrogen) atoms. The first-order valence-electron chi connectivity index (χ1n) is 4.37. The molecule has 1 aromatic rings. The van der Waals surface area contributed by atoms with Crippen LogP contribution in [-0.4, -0.2) is 6.61 Å². The van der Waals surface area contributed by atoms with Crippen molar-refractivity contribution in [3.63, 3.8) is 0 Å². The van der Waals surface area contributed by atoms with Gasteiger partial charge in [0.25, 0.3) is 0 Å². The zero-order valence-corrected chi connectivity index (χ0v) is 7.92. The van der Waals surface area contributed by atoms with Crippen molar-refractivity contribution in [2.45, 2.75) is 13.3 Å². The summed E-state index contributed by atoms with van der Waals surface area (Å²) in [5.41, 5.74) is 7.52. The predicted octanol–water partition coefficient (Wildman–Crippen LogP) is 2.36. The summed E-state index contributed by atoms with van der Waals surface area (Å²) in [4.78, 5) is 0. The summed E-state index contributed by atoms with van der Waals surface area (Å²) in [5, 5.41) is 0. The van der Waals surface area contributed by atoms with Crippen molar-refractivity contribution in [2.24, 2.45) is 0 Å². The van der Waals surface area contributed by atoms with E-state index >= 15 is 0 Å². The minimum atomic E-state index is 0.674. The Morgan fingerprint density at radius 1 is 1.38 bits per heavy atom. The van der Waals surface area contributed by atoms with Crippen LogP contribution in [0.25, 0.3) is 0 Å². The standard InChI is InChI=1S/C11H15NO/c1-3-13-9(2)8-10-4-6-11(12)7-5-10/h4-7H,2-3,8,12H2,1H3. The second kappa shape index (κ2) is 4.55. The number of hydrogen-bond donors (Lipinski definition) is 1. The van der Waals surface area contributed by atoms with Crippen LogP contribution >= 0.6 is 0 Å². The lowest BCUT2D eigenvalue weighted by atomic mass is 10.1. The SMILES string of the molecule is C=C(Cc1ccc(N)cc1)OCC. The third kappa shape index (κ3) is 3.20. The zero-order valence-electron chi connectivity index (χ0n) is 7.92. The Bertz CT molecular complexity index is 277. The fraction of sp³-hybridized carbons (Fsp3) is 0.273. The van der Waals surface area contributed by atoms with Crippen molar-refractivity contribution in [1.82, 2.24) is 0 Å². The van der Waals surface area contributed by atoms with Gasteiger partial charge >= 0.3 is 0 Å². The summed E-state index contributed by atoms with van der Waals surface area (Å²) >= 11 is 0. The van der Waals surface area contributed by atoms with E-state index in [2.05, 4.69) is 6.58 Å². The molecule has 0 aliphatic heterocycles. The van der Waals surface area contributed by atoms with Gasteiger partial charge in [0.1, 0.15) is 0 Å². The molecule has 0 bridgehead atoms. The number of nitrogens with two attached hydrogens (primary N) is 1. The lowest BCUT2D eigenvalue weighted by molar-refractivity contribution is 0.225. The molecule has 0 heterocycles. The van der Waals surface area contributed by atoms with E-state index in [1.807, 2.05) is 31.2 Å². The number of allylic oxidation sites excluding steroid dienone is 1. The van der Waals surface area contributed by atoms with E-state index in [-0.39, 0.29) is 0 Å². The fourth-order valence-electron chi connectivity index (χ4n) is 1.12. The second-order valence-corrected chi connectivity index (χ2v) is 2.89. The van der Waals surface area contributed by atoms with E-state index < -0.39 is 0 Å². The molecular formula is C11H15NO. The molecule has 0 saturated carbocycles. The highest BCUT2D eigenvalue weighted by atomic mass is 16.5. The smallest absolute Gasteiger partial charge is 0.0931 e. The molecule has 0 fully saturated rings. The molecule has 0 radical (unpaired) electrons. The molecule has 0 atom stereocenters. The summed E-state index contributed by atoms with van der Waals surface area (Å²) < 4.78 is 5.25. The van der Waals surface area contributed by atoms with Gasteiger partial charge in [-0.1, -0.05) is 18.7 Å². The highest BCUT2D eigenvalue weighted by molar-refractivity contribution is 5.39. The molecule has 2 N–H and O–H groups in total. The first kappa shape index (κ1) is 9.65. The van der Waals surface area contributed by atoms with Crippen LogP contribution in [0.5, 0.6) is 0 Å². The number of nitrogen functional groups attached to an aromatic ring is 1. The maximum absolute atomic E-state index is 5.56. The quantitative estimate of drug-likeness (QED) is 0.566. The highest BCUT2D eigenvalue weighted by Crippen LogP contribution is 2.10. The lowest BCUT2D eigenvalue weighted by Gasteiger charge is -2.06. The molecule has 1 rings (SSSR count). The lowest BCUT2D eigenvalue weighted by Crippen LogP contribution is -1.95. The Kier molecular flexibility index (Phi) is 3.38. The average Bonchev–Trinajstić information content (AvgIpc) is 2.09. The highest BCUT2D eigenvalue weighted by Gasteiger charge is 1.96. The van der Waals surface area contributed by atoms with E-state index in [1.165, 1.54) is 5.56 Å². The van der Waals surface area contributed by atoms with Gasteiger partial charge in [-0.3, -0.25) is 0 Å². The Hall–Kier alpha value is -1.44. The summed E-state index contributed by atoms with van der Waals surface area (Å²) in [6, 6.07) is 7.74. The van der Waals surface area contributed by atoms with E-state index in [9.17, 15) is 0 Å². The molecule has 0 unspecified atom stereocenters. The molecule has 0 aliphatic rings. The van der Waals surface area contributed by atoms with Crippen LogP contribution in [0.1, 0.15) is 12.5 Å². The zero-order chi connectivity index (χ0) is 9.68. The maximum Gasteiger partial charge on any atom is 0.0931 e. The van der Waals surface area contributed by atoms with Crippen LogP contribution < -0.4 is 5.73 Å². The Morgan fingerprint density at radius 3 is 2.54 bits per heavy atom. The average molecular weight is 177 g/mol. The molecule has 2 heteroatoms. The fourth-order valence-corrected chi connectivity index (χ4v) is 1.12. The van der Waals surface area contributed by atoms with Gasteiger partial charge in [0.15, 0.2) is 0 Å². The first-order valence-corrected chi connectivity index (χ1v) is 4.37. The minimum absolute atomic E-state index is 0.674. The first-order chi connectivity index (χ1) is 6.22. The van der Waals surface area contributed by atoms with Crippen LogP contribution in [0.4, 0.5) is 5.69 Å². The Labute approximate surface area is 79.0 Å². The number of benzene rings is 1. The molecule has 70 valence electrons. The van der Waals surface area contributed by atoms with Crippen molar-refractivity contribution in [3.8, 4) is 0 Å². The van der Waals surface area contributed by atoms with E-state index in [0.717, 1.165) is 17.9 Å². The van der Waals surface area contributed by atoms with Crippen LogP contribution in [0, 0.1) is 0 Å². The molecule has 0 amide bonds. The van der Waals surface area contributed by atoms with Crippen molar-refractivity contribution < 1.29 is 4.74 Å². The second-order valence-electron chi connectivity index (χ2n) is 2.89. The van der Waals surface area contributed by atoms with Crippen LogP contribution in [0.15, 0.2) is 36.6 Å². The van der Waals surface area contributed by atoms with E-state index in [0.29, 0.717) is 6.61 Å². The van der Waals surface area contributed by atoms with Crippen molar-refractivity contribution >= 4 is 5.69 Å². The van der Waals surface area contributed by atoms with Gasteiger partial charge in [-0.15, -0.1) is 0 Å². The molecule has 0 saturated heterocycles. The minimum Gasteiger partial charge on any atom is -0.498 e. The van der Waals surface area contributed by atoms with Gasteiger partial charge in [-0.2, -0.15) is 0 Å². The molecular weight excluding hydrogens is 162 g/mol. The monoisotopic (exact) mass is 177 g/mol. The van der Waals surface area contributed by atoms with E-state index in [1.54, 1.807) is 0 Å². The summed E-state index contributed by atoms with van der Waals surface area (Å²) in [6.07, 6.45) is 0.758. The molecule has 1 aromatic carbocycles. The molecule has 0 aromatic heterocycles.